The normalized spacial score (nSPS) is 11.2. The van der Waals surface area contributed by atoms with Crippen LogP contribution in [0.1, 0.15) is 5.89 Å². The van der Waals surface area contributed by atoms with Crippen molar-refractivity contribution in [2.75, 3.05) is 0 Å². The van der Waals surface area contributed by atoms with E-state index in [1.165, 1.54) is 34.4 Å². The molecule has 0 N–H and O–H groups in total. The minimum Gasteiger partial charge on any atom is -0.419 e. The fourth-order valence-corrected chi connectivity index (χ4v) is 3.99. The minimum absolute atomic E-state index is 0.111. The van der Waals surface area contributed by atoms with Crippen LogP contribution in [0, 0.1) is 5.82 Å². The lowest BCUT2D eigenvalue weighted by Crippen LogP contribution is -2.21. The number of rotatable bonds is 4. The quantitative estimate of drug-likeness (QED) is 0.445. The van der Waals surface area contributed by atoms with E-state index in [9.17, 15) is 9.18 Å². The highest BCUT2D eigenvalue weighted by molar-refractivity contribution is 7.17. The molecule has 0 unspecified atom stereocenters. The van der Waals surface area contributed by atoms with Gasteiger partial charge in [0.25, 0.3) is 5.56 Å². The van der Waals surface area contributed by atoms with Gasteiger partial charge in [-0.1, -0.05) is 30.3 Å². The van der Waals surface area contributed by atoms with Crippen molar-refractivity contribution < 1.29 is 8.81 Å². The second-order valence-corrected chi connectivity index (χ2v) is 7.24. The van der Waals surface area contributed by atoms with Crippen LogP contribution in [-0.4, -0.2) is 19.7 Å². The summed E-state index contributed by atoms with van der Waals surface area (Å²) in [6.07, 6.45) is 1.47. The van der Waals surface area contributed by atoms with Gasteiger partial charge in [-0.2, -0.15) is 0 Å². The van der Waals surface area contributed by atoms with Crippen LogP contribution in [0.3, 0.4) is 0 Å². The molecule has 0 atom stereocenters. The third-order valence-corrected chi connectivity index (χ3v) is 5.40. The molecule has 0 saturated carbocycles. The van der Waals surface area contributed by atoms with E-state index in [0.717, 1.165) is 16.7 Å². The van der Waals surface area contributed by atoms with Crippen LogP contribution in [-0.2, 0) is 6.54 Å². The Balaban J connectivity index is 1.52. The molecule has 0 spiro atoms. The molecule has 5 rings (SSSR count). The van der Waals surface area contributed by atoms with Crippen LogP contribution in [0.4, 0.5) is 4.39 Å². The predicted molar refractivity (Wildman–Crippen MR) is 108 cm³/mol. The zero-order chi connectivity index (χ0) is 19.8. The van der Waals surface area contributed by atoms with Gasteiger partial charge in [-0.05, 0) is 29.8 Å². The van der Waals surface area contributed by atoms with Crippen molar-refractivity contribution in [3.63, 3.8) is 0 Å². The first kappa shape index (κ1) is 17.4. The average molecular weight is 404 g/mol. The van der Waals surface area contributed by atoms with E-state index < -0.39 is 0 Å². The van der Waals surface area contributed by atoms with Crippen molar-refractivity contribution in [2.45, 2.75) is 6.54 Å². The van der Waals surface area contributed by atoms with Crippen LogP contribution >= 0.6 is 11.3 Å². The van der Waals surface area contributed by atoms with Crippen LogP contribution in [0.2, 0.25) is 0 Å². The largest absolute Gasteiger partial charge is 0.419 e. The van der Waals surface area contributed by atoms with Gasteiger partial charge in [-0.3, -0.25) is 9.36 Å². The van der Waals surface area contributed by atoms with E-state index in [1.54, 1.807) is 12.1 Å². The van der Waals surface area contributed by atoms with Crippen molar-refractivity contribution >= 4 is 21.6 Å². The summed E-state index contributed by atoms with van der Waals surface area (Å²) in [5, 5.41) is 10.4. The molecule has 3 aromatic heterocycles. The fourth-order valence-electron chi connectivity index (χ4n) is 3.08. The molecule has 142 valence electrons. The van der Waals surface area contributed by atoms with Gasteiger partial charge in [0.1, 0.15) is 17.2 Å². The molecule has 3 heterocycles. The molecule has 5 aromatic rings. The SMILES string of the molecule is O=c1c2c(-c3ccc(F)cc3)csc2ncn1Cc1nnc(-c2ccccc2)o1. The Labute approximate surface area is 167 Å². The van der Waals surface area contributed by atoms with Crippen LogP contribution in [0.25, 0.3) is 32.8 Å². The second-order valence-electron chi connectivity index (χ2n) is 6.38. The van der Waals surface area contributed by atoms with Crippen LogP contribution in [0.15, 0.2) is 75.5 Å². The molecule has 0 radical (unpaired) electrons. The maximum atomic E-state index is 13.3. The topological polar surface area (TPSA) is 73.8 Å². The van der Waals surface area contributed by atoms with Crippen LogP contribution in [0.5, 0.6) is 0 Å². The Kier molecular flexibility index (Phi) is 4.25. The molecule has 8 heteroatoms. The van der Waals surface area contributed by atoms with E-state index in [-0.39, 0.29) is 17.9 Å². The lowest BCUT2D eigenvalue weighted by atomic mass is 10.1. The van der Waals surface area contributed by atoms with Gasteiger partial charge in [0.05, 0.1) is 11.7 Å². The third-order valence-electron chi connectivity index (χ3n) is 4.51. The Bertz CT molecular complexity index is 1360. The van der Waals surface area contributed by atoms with Gasteiger partial charge < -0.3 is 4.42 Å². The number of hydrogen-bond acceptors (Lipinski definition) is 6. The van der Waals surface area contributed by atoms with E-state index in [4.69, 9.17) is 4.42 Å². The van der Waals surface area contributed by atoms with E-state index in [1.807, 2.05) is 35.7 Å². The molecule has 0 aliphatic heterocycles. The summed E-state index contributed by atoms with van der Waals surface area (Å²) in [5.41, 5.74) is 2.09. The highest BCUT2D eigenvalue weighted by Crippen LogP contribution is 2.30. The Hall–Kier alpha value is -3.65. The van der Waals surface area contributed by atoms with E-state index in [0.29, 0.717) is 22.0 Å². The van der Waals surface area contributed by atoms with Crippen molar-refractivity contribution in [3.8, 4) is 22.6 Å². The highest BCUT2D eigenvalue weighted by atomic mass is 32.1. The summed E-state index contributed by atoms with van der Waals surface area (Å²) in [6, 6.07) is 15.5. The third kappa shape index (κ3) is 3.23. The van der Waals surface area contributed by atoms with Gasteiger partial charge in [0, 0.05) is 16.5 Å². The zero-order valence-electron chi connectivity index (χ0n) is 14.9. The number of nitrogens with zero attached hydrogens (tertiary/aromatic N) is 4. The number of hydrogen-bond donors (Lipinski definition) is 0. The molecular weight excluding hydrogens is 391 g/mol. The number of benzene rings is 2. The summed E-state index contributed by atoms with van der Waals surface area (Å²) < 4.78 is 20.4. The molecule has 0 aliphatic rings. The summed E-state index contributed by atoms with van der Waals surface area (Å²) in [5.74, 6) is 0.380. The zero-order valence-corrected chi connectivity index (χ0v) is 15.8. The first-order chi connectivity index (χ1) is 14.2. The summed E-state index contributed by atoms with van der Waals surface area (Å²) in [6.45, 7) is 0.111. The Morgan fingerprint density at radius 1 is 1.00 bits per heavy atom. The van der Waals surface area contributed by atoms with Gasteiger partial charge in [-0.15, -0.1) is 21.5 Å². The first-order valence-electron chi connectivity index (χ1n) is 8.79. The molecular formula is C21H13FN4O2S. The van der Waals surface area contributed by atoms with E-state index >= 15 is 0 Å². The first-order valence-corrected chi connectivity index (χ1v) is 9.67. The Morgan fingerprint density at radius 2 is 1.79 bits per heavy atom. The number of fused-ring (bicyclic) bond motifs is 1. The molecule has 29 heavy (non-hydrogen) atoms. The number of aromatic nitrogens is 4. The van der Waals surface area contributed by atoms with Gasteiger partial charge in [0.2, 0.25) is 11.8 Å². The predicted octanol–water partition coefficient (Wildman–Crippen LogP) is 4.36. The maximum Gasteiger partial charge on any atom is 0.263 e. The van der Waals surface area contributed by atoms with Gasteiger partial charge >= 0.3 is 0 Å². The number of thiophene rings is 1. The maximum absolute atomic E-state index is 13.3. The minimum atomic E-state index is -0.325. The molecule has 0 aliphatic carbocycles. The summed E-state index contributed by atoms with van der Waals surface area (Å²) in [7, 11) is 0. The highest BCUT2D eigenvalue weighted by Gasteiger charge is 2.15. The van der Waals surface area contributed by atoms with E-state index in [2.05, 4.69) is 15.2 Å². The molecule has 2 aromatic carbocycles. The molecule has 0 bridgehead atoms. The molecule has 0 amide bonds. The lowest BCUT2D eigenvalue weighted by Gasteiger charge is -2.04. The second kappa shape index (κ2) is 7.06. The van der Waals surface area contributed by atoms with Crippen LogP contribution < -0.4 is 5.56 Å². The molecule has 0 saturated heterocycles. The average Bonchev–Trinajstić information content (AvgIpc) is 3.39. The smallest absolute Gasteiger partial charge is 0.263 e. The van der Waals surface area contributed by atoms with Crippen molar-refractivity contribution in [1.82, 2.24) is 19.7 Å². The fraction of sp³-hybridized carbons (Fsp3) is 0.0476. The molecule has 0 fully saturated rings. The van der Waals surface area contributed by atoms with Gasteiger partial charge in [0.15, 0.2) is 0 Å². The van der Waals surface area contributed by atoms with Gasteiger partial charge in [-0.25, -0.2) is 9.37 Å². The Morgan fingerprint density at radius 3 is 2.59 bits per heavy atom. The monoisotopic (exact) mass is 404 g/mol. The van der Waals surface area contributed by atoms with Crippen molar-refractivity contribution in [2.24, 2.45) is 0 Å². The standard InChI is InChI=1S/C21H13FN4O2S/c22-15-8-6-13(7-9-15)16-11-29-20-18(16)21(27)26(12-23-20)10-17-24-25-19(28-17)14-4-2-1-3-5-14/h1-9,11-12H,10H2. The van der Waals surface area contributed by atoms with Crippen molar-refractivity contribution in [3.05, 3.63) is 88.4 Å². The summed E-state index contributed by atoms with van der Waals surface area (Å²) in [4.78, 5) is 18.1. The lowest BCUT2D eigenvalue weighted by molar-refractivity contribution is 0.483. The molecule has 6 nitrogen and oxygen atoms in total. The number of halogens is 1. The summed E-state index contributed by atoms with van der Waals surface area (Å²) >= 11 is 1.37. The van der Waals surface area contributed by atoms with Crippen molar-refractivity contribution in [1.29, 1.82) is 0 Å².